The van der Waals surface area contributed by atoms with E-state index in [0.717, 1.165) is 11.1 Å². The molecule has 31 heavy (non-hydrogen) atoms. The van der Waals surface area contributed by atoms with E-state index in [1.807, 2.05) is 20.8 Å². The molecule has 0 bridgehead atoms. The van der Waals surface area contributed by atoms with E-state index in [9.17, 15) is 13.6 Å². The van der Waals surface area contributed by atoms with Gasteiger partial charge in [0.25, 0.3) is 0 Å². The van der Waals surface area contributed by atoms with Gasteiger partial charge >= 0.3 is 6.09 Å². The van der Waals surface area contributed by atoms with Crippen LogP contribution >= 0.6 is 0 Å². The molecule has 4 nitrogen and oxygen atoms in total. The molecule has 0 radical (unpaired) electrons. The molecule has 1 heterocycles. The van der Waals surface area contributed by atoms with Crippen LogP contribution in [0.3, 0.4) is 0 Å². The Balaban J connectivity index is 1.93. The summed E-state index contributed by atoms with van der Waals surface area (Å²) in [6.07, 6.45) is -0.307. The lowest BCUT2D eigenvalue weighted by Crippen LogP contribution is -2.58. The minimum absolute atomic E-state index is 0.0568. The maximum Gasteiger partial charge on any atom is 0.410 e. The van der Waals surface area contributed by atoms with Gasteiger partial charge < -0.3 is 9.64 Å². The first-order chi connectivity index (χ1) is 14.5. The van der Waals surface area contributed by atoms with Gasteiger partial charge in [-0.1, -0.05) is 38.1 Å². The number of piperazine rings is 1. The van der Waals surface area contributed by atoms with E-state index in [1.54, 1.807) is 29.2 Å². The minimum Gasteiger partial charge on any atom is -0.444 e. The molecule has 168 valence electrons. The summed E-state index contributed by atoms with van der Waals surface area (Å²) in [5.41, 5.74) is 1.32. The maximum atomic E-state index is 13.6. The average Bonchev–Trinajstić information content (AvgIpc) is 2.69. The number of hydrogen-bond acceptors (Lipinski definition) is 3. The molecule has 1 aliphatic heterocycles. The molecule has 1 atom stereocenters. The van der Waals surface area contributed by atoms with E-state index in [-0.39, 0.29) is 35.7 Å². The monoisotopic (exact) mass is 430 g/mol. The third-order valence-electron chi connectivity index (χ3n) is 5.59. The van der Waals surface area contributed by atoms with Crippen LogP contribution in [0.5, 0.6) is 0 Å². The minimum atomic E-state index is -0.549. The Morgan fingerprint density at radius 2 is 1.42 bits per heavy atom. The Kier molecular flexibility index (Phi) is 6.99. The highest BCUT2D eigenvalue weighted by Crippen LogP contribution is 2.34. The quantitative estimate of drug-likeness (QED) is 0.630. The number of hydrogen-bond donors (Lipinski definition) is 0. The predicted molar refractivity (Wildman–Crippen MR) is 118 cm³/mol. The van der Waals surface area contributed by atoms with Crippen molar-refractivity contribution in [3.8, 4) is 0 Å². The van der Waals surface area contributed by atoms with Gasteiger partial charge in [0.1, 0.15) is 17.2 Å². The van der Waals surface area contributed by atoms with Crippen LogP contribution < -0.4 is 0 Å². The molecule has 3 rings (SSSR count). The number of carbonyl (C=O) groups excluding carboxylic acids is 1. The SMILES string of the molecule is CC(C)[C@@H]1CN(C(=O)OC(C)(C)C)CCN1C(c1ccc(F)cc1)c1ccc(F)cc1. The third-order valence-corrected chi connectivity index (χ3v) is 5.59. The van der Waals surface area contributed by atoms with Crippen molar-refractivity contribution in [3.63, 3.8) is 0 Å². The Morgan fingerprint density at radius 3 is 1.84 bits per heavy atom. The second kappa shape index (κ2) is 9.35. The van der Waals surface area contributed by atoms with Crippen molar-refractivity contribution in [2.24, 2.45) is 5.92 Å². The van der Waals surface area contributed by atoms with E-state index in [4.69, 9.17) is 4.74 Å². The Morgan fingerprint density at radius 1 is 0.935 bits per heavy atom. The van der Waals surface area contributed by atoms with E-state index in [2.05, 4.69) is 18.7 Å². The van der Waals surface area contributed by atoms with Crippen LogP contribution in [0.25, 0.3) is 0 Å². The molecule has 0 unspecified atom stereocenters. The first-order valence-electron chi connectivity index (χ1n) is 10.8. The second-order valence-electron chi connectivity index (χ2n) is 9.48. The first kappa shape index (κ1) is 23.2. The normalized spacial score (nSPS) is 18.0. The van der Waals surface area contributed by atoms with Gasteiger partial charge in [0.05, 0.1) is 6.04 Å². The van der Waals surface area contributed by atoms with Crippen molar-refractivity contribution in [2.75, 3.05) is 19.6 Å². The molecule has 0 aliphatic carbocycles. The molecule has 1 saturated heterocycles. The van der Waals surface area contributed by atoms with Gasteiger partial charge in [-0.2, -0.15) is 0 Å². The average molecular weight is 431 g/mol. The first-order valence-corrected chi connectivity index (χ1v) is 10.8. The lowest BCUT2D eigenvalue weighted by atomic mass is 9.91. The van der Waals surface area contributed by atoms with Crippen LogP contribution in [-0.2, 0) is 4.74 Å². The van der Waals surface area contributed by atoms with E-state index in [0.29, 0.717) is 19.6 Å². The summed E-state index contributed by atoms with van der Waals surface area (Å²) in [6.45, 7) is 11.5. The lowest BCUT2D eigenvalue weighted by molar-refractivity contribution is -0.00951. The number of benzene rings is 2. The summed E-state index contributed by atoms with van der Waals surface area (Å²) in [5.74, 6) is -0.331. The van der Waals surface area contributed by atoms with Gasteiger partial charge in [0.2, 0.25) is 0 Å². The third kappa shape index (κ3) is 5.82. The predicted octanol–water partition coefficient (Wildman–Crippen LogP) is 5.63. The summed E-state index contributed by atoms with van der Waals surface area (Å²) in [4.78, 5) is 16.8. The fourth-order valence-electron chi connectivity index (χ4n) is 4.10. The van der Waals surface area contributed by atoms with Gasteiger partial charge in [0.15, 0.2) is 0 Å². The molecule has 1 aliphatic rings. The van der Waals surface area contributed by atoms with Crippen molar-refractivity contribution < 1.29 is 18.3 Å². The standard InChI is InChI=1S/C25H32F2N2O2/c1-17(2)22-16-28(24(30)31-25(3,4)5)14-15-29(22)23(18-6-10-20(26)11-7-18)19-8-12-21(27)13-9-19/h6-13,17,22-23H,14-16H2,1-5H3/t22-/m0/s1. The molecule has 6 heteroatoms. The van der Waals surface area contributed by atoms with Gasteiger partial charge in [-0.15, -0.1) is 0 Å². The molecule has 0 spiro atoms. The van der Waals surface area contributed by atoms with Crippen LogP contribution in [0.2, 0.25) is 0 Å². The zero-order valence-electron chi connectivity index (χ0n) is 18.9. The van der Waals surface area contributed by atoms with E-state index < -0.39 is 5.60 Å². The number of nitrogens with zero attached hydrogens (tertiary/aromatic N) is 2. The van der Waals surface area contributed by atoms with Crippen molar-refractivity contribution in [1.82, 2.24) is 9.80 Å². The molecule has 0 N–H and O–H groups in total. The van der Waals surface area contributed by atoms with Crippen molar-refractivity contribution in [2.45, 2.75) is 52.3 Å². The second-order valence-corrected chi connectivity index (χ2v) is 9.48. The summed E-state index contributed by atoms with van der Waals surface area (Å²) >= 11 is 0. The number of halogens is 2. The molecule has 0 saturated carbocycles. The van der Waals surface area contributed by atoms with Crippen LogP contribution in [0.1, 0.15) is 51.8 Å². The smallest absolute Gasteiger partial charge is 0.410 e. The van der Waals surface area contributed by atoms with E-state index in [1.165, 1.54) is 24.3 Å². The Labute approximate surface area is 183 Å². The molecule has 0 aromatic heterocycles. The van der Waals surface area contributed by atoms with Gasteiger partial charge in [-0.3, -0.25) is 4.90 Å². The van der Waals surface area contributed by atoms with Gasteiger partial charge in [0, 0.05) is 25.7 Å². The zero-order valence-corrected chi connectivity index (χ0v) is 18.9. The van der Waals surface area contributed by atoms with Crippen LogP contribution in [0.15, 0.2) is 48.5 Å². The fourth-order valence-corrected chi connectivity index (χ4v) is 4.10. The molecule has 1 amide bonds. The van der Waals surface area contributed by atoms with Crippen molar-refractivity contribution in [3.05, 3.63) is 71.3 Å². The molecular weight excluding hydrogens is 398 g/mol. The van der Waals surface area contributed by atoms with Crippen LogP contribution in [0.4, 0.5) is 13.6 Å². The molecular formula is C25H32F2N2O2. The van der Waals surface area contributed by atoms with Gasteiger partial charge in [-0.05, 0) is 62.1 Å². The Hall–Kier alpha value is -2.47. The Bertz CT molecular complexity index is 830. The largest absolute Gasteiger partial charge is 0.444 e. The molecule has 1 fully saturated rings. The maximum absolute atomic E-state index is 13.6. The molecule has 2 aromatic carbocycles. The number of rotatable bonds is 4. The number of ether oxygens (including phenoxy) is 1. The topological polar surface area (TPSA) is 32.8 Å². The van der Waals surface area contributed by atoms with E-state index >= 15 is 0 Å². The van der Waals surface area contributed by atoms with Crippen LogP contribution in [-0.4, -0.2) is 47.2 Å². The summed E-state index contributed by atoms with van der Waals surface area (Å²) in [7, 11) is 0. The summed E-state index contributed by atoms with van der Waals surface area (Å²) in [6, 6.07) is 12.8. The van der Waals surface area contributed by atoms with Crippen molar-refractivity contribution >= 4 is 6.09 Å². The van der Waals surface area contributed by atoms with Crippen molar-refractivity contribution in [1.29, 1.82) is 0 Å². The highest BCUT2D eigenvalue weighted by Gasteiger charge is 2.37. The highest BCUT2D eigenvalue weighted by atomic mass is 19.1. The highest BCUT2D eigenvalue weighted by molar-refractivity contribution is 5.68. The number of amides is 1. The molecule has 2 aromatic rings. The van der Waals surface area contributed by atoms with Crippen LogP contribution in [0, 0.1) is 17.6 Å². The van der Waals surface area contributed by atoms with Gasteiger partial charge in [-0.25, -0.2) is 13.6 Å². The summed E-state index contributed by atoms with van der Waals surface area (Å²) < 4.78 is 32.8. The number of carbonyl (C=O) groups is 1. The lowest BCUT2D eigenvalue weighted by Gasteiger charge is -2.47. The fraction of sp³-hybridized carbons (Fsp3) is 0.480. The summed E-state index contributed by atoms with van der Waals surface area (Å²) in [5, 5.41) is 0. The zero-order chi connectivity index (χ0) is 22.8.